The highest BCUT2D eigenvalue weighted by Crippen LogP contribution is 2.21. The highest BCUT2D eigenvalue weighted by atomic mass is 16.4. The number of aliphatic carboxylic acids is 2. The van der Waals surface area contributed by atoms with Crippen LogP contribution < -0.4 is 54.0 Å². The van der Waals surface area contributed by atoms with Gasteiger partial charge in [0.1, 0.15) is 42.3 Å². The Bertz CT molecular complexity index is 2720. The molecule has 18 N–H and O–H groups in total. The van der Waals surface area contributed by atoms with Crippen molar-refractivity contribution in [3.05, 3.63) is 72.1 Å². The molecule has 74 heavy (non-hydrogen) atoms. The summed E-state index contributed by atoms with van der Waals surface area (Å²) in [6, 6.07) is -0.181. The summed E-state index contributed by atoms with van der Waals surface area (Å²) in [5, 5.41) is 59.5. The second kappa shape index (κ2) is 26.9. The number of aliphatic hydroxyl groups is 2. The standard InChI is InChI=1S/C47H62N12O15/c1-21(48)39(65)52-22(2)41(67)55-34(17-37(63)64)45(71)56-33(16-26-19-51-30-12-8-6-10-28(26)30)44(70)58-35(20-60)46(72)57-32(15-25-18-50-29-11-7-5-9-27(25)29)43(69)53-23(3)40(66)54-31(13-14-36(49)62)42(68)59-38(24(4)61)47(73)74/h5-12,18-19,21-24,31-35,38,50-51,60-61H,13-17,20,48H2,1-4H3,(H2,49,62)(H,52,65)(H,53,69)(H,54,66)(H,55,67)(H,56,71)(H,57,72)(H,58,70)(H,59,68)(H,63,64)(H,73,74). The van der Waals surface area contributed by atoms with Crippen molar-refractivity contribution in [1.29, 1.82) is 0 Å². The summed E-state index contributed by atoms with van der Waals surface area (Å²) in [6.45, 7) is 3.86. The van der Waals surface area contributed by atoms with Gasteiger partial charge in [0.05, 0.1) is 25.2 Å². The molecule has 9 amide bonds. The summed E-state index contributed by atoms with van der Waals surface area (Å²) in [6.07, 6.45) is -0.842. The Kier molecular flexibility index (Phi) is 21.1. The number of carbonyl (C=O) groups is 11. The second-order valence-electron chi connectivity index (χ2n) is 17.5. The van der Waals surface area contributed by atoms with Gasteiger partial charge in [-0.1, -0.05) is 36.4 Å². The molecule has 0 aliphatic heterocycles. The second-order valence-corrected chi connectivity index (χ2v) is 17.5. The van der Waals surface area contributed by atoms with Crippen molar-refractivity contribution in [2.24, 2.45) is 11.5 Å². The van der Waals surface area contributed by atoms with Gasteiger partial charge in [0, 0.05) is 53.5 Å². The number of aliphatic hydroxyl groups excluding tert-OH is 2. The number of hydrogen-bond acceptors (Lipinski definition) is 14. The lowest BCUT2D eigenvalue weighted by Gasteiger charge is -2.27. The summed E-state index contributed by atoms with van der Waals surface area (Å²) in [5.74, 6) is -12.2. The van der Waals surface area contributed by atoms with Crippen LogP contribution in [0.15, 0.2) is 60.9 Å². The molecule has 2 aromatic heterocycles. The molecule has 0 fully saturated rings. The lowest BCUT2D eigenvalue weighted by molar-refractivity contribution is -0.145. The molecule has 27 nitrogen and oxygen atoms in total. The van der Waals surface area contributed by atoms with Gasteiger partial charge in [-0.15, -0.1) is 0 Å². The van der Waals surface area contributed by atoms with Crippen LogP contribution >= 0.6 is 0 Å². The molecule has 4 rings (SSSR count). The summed E-state index contributed by atoms with van der Waals surface area (Å²) < 4.78 is 0. The van der Waals surface area contributed by atoms with Crippen molar-refractivity contribution in [1.82, 2.24) is 52.5 Å². The molecule has 2 heterocycles. The van der Waals surface area contributed by atoms with Gasteiger partial charge >= 0.3 is 11.9 Å². The largest absolute Gasteiger partial charge is 0.481 e. The van der Waals surface area contributed by atoms with Crippen molar-refractivity contribution >= 4 is 86.9 Å². The third kappa shape index (κ3) is 16.6. The van der Waals surface area contributed by atoms with E-state index in [1.807, 2.05) is 0 Å². The van der Waals surface area contributed by atoms with Crippen molar-refractivity contribution in [3.8, 4) is 0 Å². The van der Waals surface area contributed by atoms with Crippen LogP contribution in [-0.4, -0.2) is 163 Å². The van der Waals surface area contributed by atoms with E-state index in [1.54, 1.807) is 60.9 Å². The van der Waals surface area contributed by atoms with Crippen LogP contribution in [0.5, 0.6) is 0 Å². The number of carbonyl (C=O) groups excluding carboxylic acids is 9. The fourth-order valence-corrected chi connectivity index (χ4v) is 7.44. The predicted molar refractivity (Wildman–Crippen MR) is 262 cm³/mol. The molecule has 0 radical (unpaired) electrons. The minimum Gasteiger partial charge on any atom is -0.481 e. The van der Waals surface area contributed by atoms with Gasteiger partial charge in [0.15, 0.2) is 6.04 Å². The maximum atomic E-state index is 14.2. The van der Waals surface area contributed by atoms with Crippen LogP contribution in [0.25, 0.3) is 21.8 Å². The van der Waals surface area contributed by atoms with Crippen LogP contribution in [0.3, 0.4) is 0 Å². The third-order valence-corrected chi connectivity index (χ3v) is 11.6. The number of fused-ring (bicyclic) bond motifs is 2. The molecular weight excluding hydrogens is 973 g/mol. The first-order valence-corrected chi connectivity index (χ1v) is 23.2. The first-order valence-electron chi connectivity index (χ1n) is 23.2. The van der Waals surface area contributed by atoms with Crippen molar-refractivity contribution in [3.63, 3.8) is 0 Å². The summed E-state index contributed by atoms with van der Waals surface area (Å²) >= 11 is 0. The Labute approximate surface area is 422 Å². The number of nitrogens with one attached hydrogen (secondary N) is 10. The highest BCUT2D eigenvalue weighted by Gasteiger charge is 2.35. The molecule has 4 aromatic rings. The number of hydrogen-bond donors (Lipinski definition) is 16. The molecule has 0 saturated heterocycles. The number of aromatic amines is 2. The van der Waals surface area contributed by atoms with E-state index in [9.17, 15) is 73.2 Å². The monoisotopic (exact) mass is 1030 g/mol. The Balaban J connectivity index is 1.60. The van der Waals surface area contributed by atoms with Gasteiger partial charge < -0.3 is 84.4 Å². The molecule has 27 heteroatoms. The predicted octanol–water partition coefficient (Wildman–Crippen LogP) is -4.10. The maximum absolute atomic E-state index is 14.2. The average Bonchev–Trinajstić information content (AvgIpc) is 3.95. The molecule has 10 unspecified atom stereocenters. The minimum absolute atomic E-state index is 0.259. The summed E-state index contributed by atoms with van der Waals surface area (Å²) in [7, 11) is 0. The Hall–Kier alpha value is -8.43. The Morgan fingerprint density at radius 2 is 0.946 bits per heavy atom. The van der Waals surface area contributed by atoms with Crippen LogP contribution in [0.2, 0.25) is 0 Å². The normalized spacial score (nSPS) is 15.2. The molecule has 2 aromatic carbocycles. The zero-order chi connectivity index (χ0) is 55.0. The van der Waals surface area contributed by atoms with Gasteiger partial charge in [-0.3, -0.25) is 47.9 Å². The van der Waals surface area contributed by atoms with Crippen molar-refractivity contribution in [2.75, 3.05) is 6.61 Å². The zero-order valence-corrected chi connectivity index (χ0v) is 40.7. The Morgan fingerprint density at radius 1 is 0.541 bits per heavy atom. The quantitative estimate of drug-likeness (QED) is 0.0257. The number of H-pyrrole nitrogens is 2. The smallest absolute Gasteiger partial charge is 0.328 e. The van der Waals surface area contributed by atoms with E-state index in [0.717, 1.165) is 6.92 Å². The first-order chi connectivity index (χ1) is 34.9. The lowest BCUT2D eigenvalue weighted by Crippen LogP contribution is -2.61. The van der Waals surface area contributed by atoms with E-state index >= 15 is 0 Å². The van der Waals surface area contributed by atoms with Gasteiger partial charge in [0.25, 0.3) is 0 Å². The fraction of sp³-hybridized carbons (Fsp3) is 0.426. The van der Waals surface area contributed by atoms with Crippen LogP contribution in [0.4, 0.5) is 0 Å². The van der Waals surface area contributed by atoms with Crippen LogP contribution in [-0.2, 0) is 65.6 Å². The van der Waals surface area contributed by atoms with Crippen LogP contribution in [0, 0.1) is 0 Å². The summed E-state index contributed by atoms with van der Waals surface area (Å²) in [4.78, 5) is 149. The van der Waals surface area contributed by atoms with Gasteiger partial charge in [-0.05, 0) is 57.4 Å². The number of benzene rings is 2. The van der Waals surface area contributed by atoms with Gasteiger partial charge in [-0.25, -0.2) is 4.79 Å². The lowest BCUT2D eigenvalue weighted by atomic mass is 10.0. The minimum atomic E-state index is -1.84. The molecule has 400 valence electrons. The van der Waals surface area contributed by atoms with E-state index in [4.69, 9.17) is 11.5 Å². The number of para-hydroxylation sites is 2. The van der Waals surface area contributed by atoms with Crippen LogP contribution in [0.1, 0.15) is 58.1 Å². The number of aromatic nitrogens is 2. The summed E-state index contributed by atoms with van der Waals surface area (Å²) in [5.41, 5.74) is 13.1. The fourth-order valence-electron chi connectivity index (χ4n) is 7.44. The van der Waals surface area contributed by atoms with E-state index in [2.05, 4.69) is 52.5 Å². The number of carboxylic acids is 2. The molecule has 0 saturated carbocycles. The molecule has 10 atom stereocenters. The SMILES string of the molecule is CC(N)C(=O)NC(C)C(=O)NC(CC(=O)O)C(=O)NC(Cc1c[nH]c2ccccc12)C(=O)NC(CO)C(=O)NC(Cc1c[nH]c2ccccc12)C(=O)NC(C)C(=O)NC(CCC(N)=O)C(=O)NC(C(=O)O)C(C)O. The highest BCUT2D eigenvalue weighted by molar-refractivity contribution is 5.99. The number of carboxylic acid groups (broad SMARTS) is 2. The molecular formula is C47H62N12O15. The number of rotatable bonds is 28. The molecule has 0 spiro atoms. The maximum Gasteiger partial charge on any atom is 0.328 e. The molecule has 0 aliphatic rings. The van der Waals surface area contributed by atoms with E-state index in [-0.39, 0.29) is 12.8 Å². The first kappa shape index (κ1) is 58.1. The molecule has 0 aliphatic carbocycles. The third-order valence-electron chi connectivity index (χ3n) is 11.6. The van der Waals surface area contributed by atoms with E-state index < -0.39 is 151 Å². The Morgan fingerprint density at radius 3 is 1.39 bits per heavy atom. The number of primary amides is 1. The molecule has 0 bridgehead atoms. The van der Waals surface area contributed by atoms with Gasteiger partial charge in [0.2, 0.25) is 53.2 Å². The van der Waals surface area contributed by atoms with Gasteiger partial charge in [-0.2, -0.15) is 0 Å². The zero-order valence-electron chi connectivity index (χ0n) is 40.7. The van der Waals surface area contributed by atoms with Crippen molar-refractivity contribution in [2.45, 2.75) is 120 Å². The van der Waals surface area contributed by atoms with Crippen molar-refractivity contribution < 1.29 is 73.2 Å². The number of nitrogens with two attached hydrogens (primary N) is 2. The van der Waals surface area contributed by atoms with E-state index in [1.165, 1.54) is 20.8 Å². The van der Waals surface area contributed by atoms with E-state index in [0.29, 0.717) is 32.9 Å². The number of amides is 9. The topological polar surface area (TPSA) is 449 Å². The average molecular weight is 1040 g/mol.